The van der Waals surface area contributed by atoms with Gasteiger partial charge in [-0.3, -0.25) is 4.79 Å². The third-order valence-corrected chi connectivity index (χ3v) is 9.00. The van der Waals surface area contributed by atoms with E-state index in [4.69, 9.17) is 18.9 Å². The molecule has 11 atom stereocenters. The standard InChI is InChI=1S/C20H24O10/c1-6-12(23)28-11-9(21)18-8-5-7(16(2,3)4)17(18)10(22)13(24)29-15(17)30-20(18,14(25)27-8)19(6,11)26/h6-11,15,21-22,26H,5H2,1-4H3/t6-,7+,8-,9+,10+,11+,15+,17+,18?,19-,20-/m1/s1. The topological polar surface area (TPSA) is 149 Å². The summed E-state index contributed by atoms with van der Waals surface area (Å²) in [6.45, 7) is 7.14. The van der Waals surface area contributed by atoms with Crippen LogP contribution in [0.15, 0.2) is 0 Å². The van der Waals surface area contributed by atoms with Crippen molar-refractivity contribution in [3.63, 3.8) is 0 Å². The lowest BCUT2D eigenvalue weighted by Gasteiger charge is -2.47. The zero-order chi connectivity index (χ0) is 21.8. The van der Waals surface area contributed by atoms with Crippen LogP contribution in [0, 0.1) is 28.1 Å². The van der Waals surface area contributed by atoms with E-state index in [1.165, 1.54) is 6.92 Å². The molecule has 1 unspecified atom stereocenters. The van der Waals surface area contributed by atoms with Crippen molar-refractivity contribution in [1.82, 2.24) is 0 Å². The minimum atomic E-state index is -2.24. The number of carbonyl (C=O) groups excluding carboxylic acids is 3. The molecule has 2 saturated carbocycles. The molecule has 10 heteroatoms. The Morgan fingerprint density at radius 3 is 2.33 bits per heavy atom. The van der Waals surface area contributed by atoms with Crippen LogP contribution in [0.25, 0.3) is 0 Å². The average Bonchev–Trinajstić information content (AvgIpc) is 3.35. The van der Waals surface area contributed by atoms with E-state index in [1.807, 2.05) is 20.8 Å². The minimum Gasteiger partial charge on any atom is -0.459 e. The molecule has 0 aromatic carbocycles. The lowest BCUT2D eigenvalue weighted by atomic mass is 9.51. The maximum absolute atomic E-state index is 13.4. The van der Waals surface area contributed by atoms with Crippen molar-refractivity contribution in [1.29, 1.82) is 0 Å². The van der Waals surface area contributed by atoms with Gasteiger partial charge in [0.15, 0.2) is 17.8 Å². The van der Waals surface area contributed by atoms with Gasteiger partial charge in [0.25, 0.3) is 0 Å². The van der Waals surface area contributed by atoms with E-state index >= 15 is 0 Å². The van der Waals surface area contributed by atoms with Crippen molar-refractivity contribution < 1.29 is 48.7 Å². The summed E-state index contributed by atoms with van der Waals surface area (Å²) in [5.41, 5.74) is -8.26. The molecule has 6 rings (SSSR count). The van der Waals surface area contributed by atoms with Gasteiger partial charge < -0.3 is 34.3 Å². The Balaban J connectivity index is 1.72. The van der Waals surface area contributed by atoms with Crippen molar-refractivity contribution in [2.45, 2.75) is 76.0 Å². The van der Waals surface area contributed by atoms with E-state index in [9.17, 15) is 29.7 Å². The molecule has 10 nitrogen and oxygen atoms in total. The van der Waals surface area contributed by atoms with E-state index in [2.05, 4.69) is 0 Å². The smallest absolute Gasteiger partial charge is 0.343 e. The molecule has 164 valence electrons. The SMILES string of the molecule is C[C@@H]1C(=O)O[C@H]2[C@H](O)C34[C@H]5C[C@@H](C(C)(C)C)[C@]36[C@@H](OC(=O)[C@@H]6O)O[C@@]4(C(=O)O5)[C@@]12O. The van der Waals surface area contributed by atoms with E-state index in [1.54, 1.807) is 0 Å². The van der Waals surface area contributed by atoms with Crippen LogP contribution in [0.3, 0.4) is 0 Å². The van der Waals surface area contributed by atoms with Crippen LogP contribution in [0.4, 0.5) is 0 Å². The van der Waals surface area contributed by atoms with Crippen LogP contribution in [-0.4, -0.2) is 75.1 Å². The van der Waals surface area contributed by atoms with Crippen LogP contribution in [-0.2, 0) is 33.3 Å². The lowest BCUT2D eigenvalue weighted by Crippen LogP contribution is -2.67. The number of fused-ring (bicyclic) bond motifs is 1. The summed E-state index contributed by atoms with van der Waals surface area (Å²) in [6, 6.07) is 0. The Hall–Kier alpha value is -1.75. The molecule has 6 aliphatic rings. The second-order valence-corrected chi connectivity index (χ2v) is 10.7. The Labute approximate surface area is 171 Å². The van der Waals surface area contributed by atoms with Crippen LogP contribution in [0.2, 0.25) is 0 Å². The summed E-state index contributed by atoms with van der Waals surface area (Å²) >= 11 is 0. The summed E-state index contributed by atoms with van der Waals surface area (Å²) in [4.78, 5) is 38.2. The number of hydrogen-bond acceptors (Lipinski definition) is 10. The van der Waals surface area contributed by atoms with Gasteiger partial charge in [-0.1, -0.05) is 20.8 Å². The minimum absolute atomic E-state index is 0.229. The third-order valence-electron chi connectivity index (χ3n) is 9.00. The first kappa shape index (κ1) is 19.0. The van der Waals surface area contributed by atoms with Gasteiger partial charge in [0, 0.05) is 0 Å². The molecule has 0 bridgehead atoms. The summed E-state index contributed by atoms with van der Waals surface area (Å²) in [5, 5.41) is 34.7. The Kier molecular flexibility index (Phi) is 2.97. The van der Waals surface area contributed by atoms with Gasteiger partial charge in [0.1, 0.15) is 12.2 Å². The van der Waals surface area contributed by atoms with Crippen molar-refractivity contribution in [3.05, 3.63) is 0 Å². The first-order valence-electron chi connectivity index (χ1n) is 10.2. The van der Waals surface area contributed by atoms with Crippen molar-refractivity contribution in [3.8, 4) is 0 Å². The zero-order valence-electron chi connectivity index (χ0n) is 16.9. The van der Waals surface area contributed by atoms with Crippen LogP contribution in [0.1, 0.15) is 34.1 Å². The van der Waals surface area contributed by atoms with Crippen LogP contribution < -0.4 is 0 Å². The van der Waals surface area contributed by atoms with E-state index in [-0.39, 0.29) is 6.42 Å². The highest BCUT2D eigenvalue weighted by Crippen LogP contribution is 2.84. The van der Waals surface area contributed by atoms with Crippen molar-refractivity contribution >= 4 is 17.9 Å². The van der Waals surface area contributed by atoms with Gasteiger partial charge in [-0.25, -0.2) is 9.59 Å². The Bertz CT molecular complexity index is 925. The van der Waals surface area contributed by atoms with Crippen molar-refractivity contribution in [2.24, 2.45) is 28.1 Å². The number of esters is 3. The second-order valence-electron chi connectivity index (χ2n) is 10.7. The Morgan fingerprint density at radius 1 is 1.03 bits per heavy atom. The molecule has 0 amide bonds. The molecular weight excluding hydrogens is 400 g/mol. The summed E-state index contributed by atoms with van der Waals surface area (Å²) in [6.07, 6.45) is -6.91. The molecule has 0 aromatic rings. The summed E-state index contributed by atoms with van der Waals surface area (Å²) < 4.78 is 22.5. The van der Waals surface area contributed by atoms with Gasteiger partial charge in [-0.15, -0.1) is 0 Å². The average molecular weight is 424 g/mol. The first-order valence-corrected chi connectivity index (χ1v) is 10.2. The molecule has 0 aromatic heterocycles. The molecule has 6 fully saturated rings. The van der Waals surface area contributed by atoms with Gasteiger partial charge in [0.05, 0.1) is 16.7 Å². The van der Waals surface area contributed by atoms with E-state index in [0.29, 0.717) is 0 Å². The molecule has 4 saturated heterocycles. The van der Waals surface area contributed by atoms with E-state index < -0.39 is 87.9 Å². The predicted molar refractivity (Wildman–Crippen MR) is 92.0 cm³/mol. The molecule has 4 aliphatic heterocycles. The fourth-order valence-electron chi connectivity index (χ4n) is 8.12. The van der Waals surface area contributed by atoms with Crippen LogP contribution >= 0.6 is 0 Å². The number of rotatable bonds is 0. The number of carbonyl (C=O) groups is 3. The van der Waals surface area contributed by atoms with Gasteiger partial charge in [0.2, 0.25) is 11.9 Å². The lowest BCUT2D eigenvalue weighted by molar-refractivity contribution is -0.239. The molecule has 2 spiro atoms. The molecular formula is C20H24O10. The summed E-state index contributed by atoms with van der Waals surface area (Å²) in [5.74, 6) is -4.32. The zero-order valence-corrected chi connectivity index (χ0v) is 16.9. The maximum Gasteiger partial charge on any atom is 0.343 e. The quantitative estimate of drug-likeness (QED) is 0.314. The number of aliphatic hydroxyl groups excluding tert-OH is 2. The fraction of sp³-hybridized carbons (Fsp3) is 0.850. The molecule has 0 radical (unpaired) electrons. The van der Waals surface area contributed by atoms with Gasteiger partial charge >= 0.3 is 17.9 Å². The third kappa shape index (κ3) is 1.33. The second kappa shape index (κ2) is 4.69. The highest BCUT2D eigenvalue weighted by atomic mass is 16.8. The molecule has 4 heterocycles. The highest BCUT2D eigenvalue weighted by Gasteiger charge is 3.03. The highest BCUT2D eigenvalue weighted by molar-refractivity contribution is 5.94. The monoisotopic (exact) mass is 424 g/mol. The van der Waals surface area contributed by atoms with E-state index in [0.717, 1.165) is 0 Å². The van der Waals surface area contributed by atoms with Gasteiger partial charge in [-0.05, 0) is 24.7 Å². The predicted octanol–water partition coefficient (Wildman–Crippen LogP) is -1.37. The molecule has 2 aliphatic carbocycles. The normalized spacial score (nSPS) is 60.1. The van der Waals surface area contributed by atoms with Gasteiger partial charge in [-0.2, -0.15) is 0 Å². The first-order chi connectivity index (χ1) is 13.8. The largest absolute Gasteiger partial charge is 0.459 e. The van der Waals surface area contributed by atoms with Crippen molar-refractivity contribution in [2.75, 3.05) is 0 Å². The molecule has 3 N–H and O–H groups in total. The fourth-order valence-corrected chi connectivity index (χ4v) is 8.12. The summed E-state index contributed by atoms with van der Waals surface area (Å²) in [7, 11) is 0. The van der Waals surface area contributed by atoms with Crippen LogP contribution in [0.5, 0.6) is 0 Å². The number of aliphatic hydroxyl groups is 3. The molecule has 30 heavy (non-hydrogen) atoms. The number of ether oxygens (including phenoxy) is 4. The number of hydrogen-bond donors (Lipinski definition) is 3. The Morgan fingerprint density at radius 2 is 1.70 bits per heavy atom. The maximum atomic E-state index is 13.4.